The number of hydrogen-bond acceptors (Lipinski definition) is 3. The van der Waals surface area contributed by atoms with E-state index < -0.39 is 0 Å². The van der Waals surface area contributed by atoms with Crippen molar-refractivity contribution in [2.75, 3.05) is 38.1 Å². The number of aliphatic imine (C=N–C) groups is 1. The summed E-state index contributed by atoms with van der Waals surface area (Å²) < 4.78 is 13.5. The lowest BCUT2D eigenvalue weighted by Crippen LogP contribution is -2.52. The van der Waals surface area contributed by atoms with Gasteiger partial charge in [0.25, 0.3) is 0 Å². The van der Waals surface area contributed by atoms with Gasteiger partial charge in [-0.15, -0.1) is 24.0 Å². The summed E-state index contributed by atoms with van der Waals surface area (Å²) in [4.78, 5) is 18.0. The Kier molecular flexibility index (Phi) is 10.4. The quantitative estimate of drug-likeness (QED) is 0.248. The number of amides is 1. The molecule has 0 aliphatic carbocycles. The van der Waals surface area contributed by atoms with Crippen molar-refractivity contribution in [1.29, 1.82) is 0 Å². The molecule has 1 atom stereocenters. The molecule has 1 unspecified atom stereocenters. The van der Waals surface area contributed by atoms with E-state index >= 15 is 0 Å². The van der Waals surface area contributed by atoms with Crippen LogP contribution >= 0.6 is 24.0 Å². The highest BCUT2D eigenvalue weighted by Crippen LogP contribution is 2.20. The van der Waals surface area contributed by atoms with Gasteiger partial charge in [0.05, 0.1) is 0 Å². The van der Waals surface area contributed by atoms with Crippen LogP contribution in [-0.4, -0.2) is 51.1 Å². The maximum atomic E-state index is 13.5. The number of piperidine rings is 1. The Labute approximate surface area is 178 Å². The summed E-state index contributed by atoms with van der Waals surface area (Å²) in [6, 6.07) is 6.96. The third kappa shape index (κ3) is 7.90. The van der Waals surface area contributed by atoms with E-state index in [1.165, 1.54) is 6.07 Å². The summed E-state index contributed by atoms with van der Waals surface area (Å²) >= 11 is 0. The summed E-state index contributed by atoms with van der Waals surface area (Å²) in [5, 5.41) is 9.51. The van der Waals surface area contributed by atoms with Gasteiger partial charge in [-0.2, -0.15) is 0 Å². The molecule has 0 aromatic heterocycles. The third-order valence-electron chi connectivity index (χ3n) is 4.40. The summed E-state index contributed by atoms with van der Waals surface area (Å²) in [6.45, 7) is 6.63. The van der Waals surface area contributed by atoms with Crippen molar-refractivity contribution in [3.63, 3.8) is 0 Å². The standard InChI is InChI=1S/C19H30FN5O.HI/c1-14(2)18(26)22-9-10-23-19(21-3)24-16-7-5-11-25(13-16)17-8-4-6-15(20)12-17;/h4,6,8,12,14,16H,5,7,9-11,13H2,1-3H3,(H,22,26)(H2,21,23,24);1H. The number of guanidine groups is 1. The first-order valence-electron chi connectivity index (χ1n) is 9.25. The number of carbonyl (C=O) groups excluding carboxylic acids is 1. The molecule has 1 aliphatic rings. The van der Waals surface area contributed by atoms with Gasteiger partial charge in [0, 0.05) is 50.9 Å². The molecule has 1 amide bonds. The monoisotopic (exact) mass is 491 g/mol. The van der Waals surface area contributed by atoms with Crippen molar-refractivity contribution in [2.24, 2.45) is 10.9 Å². The molecule has 2 rings (SSSR count). The Morgan fingerprint density at radius 1 is 1.33 bits per heavy atom. The minimum atomic E-state index is -0.210. The number of nitrogens with zero attached hydrogens (tertiary/aromatic N) is 2. The third-order valence-corrected chi connectivity index (χ3v) is 4.40. The first kappa shape index (κ1) is 23.5. The van der Waals surface area contributed by atoms with Gasteiger partial charge in [0.1, 0.15) is 5.82 Å². The molecule has 3 N–H and O–H groups in total. The lowest BCUT2D eigenvalue weighted by atomic mass is 10.0. The van der Waals surface area contributed by atoms with Crippen molar-refractivity contribution in [3.8, 4) is 0 Å². The van der Waals surface area contributed by atoms with Crippen LogP contribution in [0.1, 0.15) is 26.7 Å². The molecule has 1 aliphatic heterocycles. The van der Waals surface area contributed by atoms with Crippen LogP contribution < -0.4 is 20.9 Å². The molecule has 1 aromatic carbocycles. The fourth-order valence-corrected chi connectivity index (χ4v) is 2.96. The van der Waals surface area contributed by atoms with E-state index in [1.54, 1.807) is 19.2 Å². The van der Waals surface area contributed by atoms with Crippen molar-refractivity contribution in [1.82, 2.24) is 16.0 Å². The average molecular weight is 491 g/mol. The summed E-state index contributed by atoms with van der Waals surface area (Å²) in [7, 11) is 1.73. The topological polar surface area (TPSA) is 68.8 Å². The van der Waals surface area contributed by atoms with E-state index in [9.17, 15) is 9.18 Å². The predicted molar refractivity (Wildman–Crippen MR) is 119 cm³/mol. The van der Waals surface area contributed by atoms with Crippen molar-refractivity contribution in [3.05, 3.63) is 30.1 Å². The molecule has 6 nitrogen and oxygen atoms in total. The van der Waals surface area contributed by atoms with E-state index in [4.69, 9.17) is 0 Å². The number of anilines is 1. The van der Waals surface area contributed by atoms with Crippen molar-refractivity contribution in [2.45, 2.75) is 32.7 Å². The van der Waals surface area contributed by atoms with Crippen LogP contribution in [0.5, 0.6) is 0 Å². The summed E-state index contributed by atoms with van der Waals surface area (Å²) in [5.41, 5.74) is 0.913. The van der Waals surface area contributed by atoms with Crippen molar-refractivity contribution >= 4 is 41.5 Å². The van der Waals surface area contributed by atoms with Crippen LogP contribution in [0, 0.1) is 11.7 Å². The van der Waals surface area contributed by atoms with Crippen LogP contribution in [0.2, 0.25) is 0 Å². The number of rotatable bonds is 6. The maximum absolute atomic E-state index is 13.5. The summed E-state index contributed by atoms with van der Waals surface area (Å²) in [5.74, 6) is 0.546. The van der Waals surface area contributed by atoms with Gasteiger partial charge in [-0.05, 0) is 31.0 Å². The normalized spacial score (nSPS) is 17.3. The van der Waals surface area contributed by atoms with E-state index in [0.717, 1.165) is 37.6 Å². The number of carbonyl (C=O) groups is 1. The van der Waals surface area contributed by atoms with E-state index in [-0.39, 0.29) is 47.7 Å². The van der Waals surface area contributed by atoms with Crippen LogP contribution in [0.25, 0.3) is 0 Å². The SMILES string of the molecule is CN=C(NCCNC(=O)C(C)C)NC1CCCN(c2cccc(F)c2)C1.I. The number of halogens is 2. The lowest BCUT2D eigenvalue weighted by molar-refractivity contribution is -0.123. The zero-order chi connectivity index (χ0) is 18.9. The van der Waals surface area contributed by atoms with Gasteiger partial charge in [-0.1, -0.05) is 19.9 Å². The smallest absolute Gasteiger partial charge is 0.222 e. The van der Waals surface area contributed by atoms with Gasteiger partial charge in [0.15, 0.2) is 5.96 Å². The van der Waals surface area contributed by atoms with Crippen molar-refractivity contribution < 1.29 is 9.18 Å². The molecule has 1 aromatic rings. The second kappa shape index (κ2) is 12.0. The number of nitrogens with one attached hydrogen (secondary N) is 3. The fraction of sp³-hybridized carbons (Fsp3) is 0.579. The average Bonchev–Trinajstić information content (AvgIpc) is 2.64. The molecule has 0 saturated carbocycles. The zero-order valence-electron chi connectivity index (χ0n) is 16.3. The Hall–Kier alpha value is -1.58. The fourth-order valence-electron chi connectivity index (χ4n) is 2.96. The molecule has 0 radical (unpaired) electrons. The Bertz CT molecular complexity index is 626. The minimum Gasteiger partial charge on any atom is -0.369 e. The molecule has 1 heterocycles. The molecule has 0 bridgehead atoms. The van der Waals surface area contributed by atoms with Crippen LogP contribution in [0.3, 0.4) is 0 Å². The summed E-state index contributed by atoms with van der Waals surface area (Å²) in [6.07, 6.45) is 2.08. The molecule has 1 saturated heterocycles. The molecule has 1 fully saturated rings. The minimum absolute atomic E-state index is 0. The highest BCUT2D eigenvalue weighted by molar-refractivity contribution is 14.0. The zero-order valence-corrected chi connectivity index (χ0v) is 18.6. The van der Waals surface area contributed by atoms with Crippen LogP contribution in [-0.2, 0) is 4.79 Å². The largest absolute Gasteiger partial charge is 0.369 e. The second-order valence-corrected chi connectivity index (χ2v) is 6.85. The van der Waals surface area contributed by atoms with Gasteiger partial charge >= 0.3 is 0 Å². The number of hydrogen-bond donors (Lipinski definition) is 3. The second-order valence-electron chi connectivity index (χ2n) is 6.85. The van der Waals surface area contributed by atoms with E-state index in [0.29, 0.717) is 13.1 Å². The molecule has 152 valence electrons. The highest BCUT2D eigenvalue weighted by atomic mass is 127. The van der Waals surface area contributed by atoms with Gasteiger partial charge in [0.2, 0.25) is 5.91 Å². The predicted octanol–water partition coefficient (Wildman–Crippen LogP) is 2.35. The Morgan fingerprint density at radius 2 is 2.07 bits per heavy atom. The van der Waals surface area contributed by atoms with Crippen LogP contribution in [0.4, 0.5) is 10.1 Å². The van der Waals surface area contributed by atoms with Gasteiger partial charge in [-0.25, -0.2) is 4.39 Å². The van der Waals surface area contributed by atoms with Crippen LogP contribution in [0.15, 0.2) is 29.3 Å². The molecular weight excluding hydrogens is 460 g/mol. The van der Waals surface area contributed by atoms with E-state index in [2.05, 4.69) is 25.8 Å². The first-order chi connectivity index (χ1) is 12.5. The molecule has 0 spiro atoms. The highest BCUT2D eigenvalue weighted by Gasteiger charge is 2.21. The molecule has 8 heteroatoms. The van der Waals surface area contributed by atoms with Gasteiger partial charge in [-0.3, -0.25) is 9.79 Å². The first-order valence-corrected chi connectivity index (χ1v) is 9.25. The maximum Gasteiger partial charge on any atom is 0.222 e. The molecular formula is C19H31FIN5O. The van der Waals surface area contributed by atoms with E-state index in [1.807, 2.05) is 19.9 Å². The Balaban J connectivity index is 0.00000364. The van der Waals surface area contributed by atoms with Gasteiger partial charge < -0.3 is 20.9 Å². The lowest BCUT2D eigenvalue weighted by Gasteiger charge is -2.35. The Morgan fingerprint density at radius 3 is 2.74 bits per heavy atom. The molecule has 27 heavy (non-hydrogen) atoms. The number of benzene rings is 1.